The predicted molar refractivity (Wildman–Crippen MR) is 96.3 cm³/mol. The van der Waals surface area contributed by atoms with Crippen LogP contribution in [0.3, 0.4) is 0 Å². The van der Waals surface area contributed by atoms with Gasteiger partial charge in [0.1, 0.15) is 17.3 Å². The van der Waals surface area contributed by atoms with Gasteiger partial charge in [-0.15, -0.1) is 0 Å². The number of hydrogen-bond donors (Lipinski definition) is 0. The van der Waals surface area contributed by atoms with Gasteiger partial charge in [-0.2, -0.15) is 0 Å². The number of methoxy groups -OCH3 is 1. The first-order chi connectivity index (χ1) is 12.0. The second kappa shape index (κ2) is 7.74. The van der Waals surface area contributed by atoms with Gasteiger partial charge in [0.25, 0.3) is 0 Å². The van der Waals surface area contributed by atoms with Crippen LogP contribution in [0.2, 0.25) is 0 Å². The Hall–Kier alpha value is -2.27. The number of carbonyl (C=O) groups is 1. The molecule has 0 atom stereocenters. The van der Waals surface area contributed by atoms with Crippen molar-refractivity contribution in [2.75, 3.05) is 20.7 Å². The number of rotatable bonds is 8. The van der Waals surface area contributed by atoms with E-state index in [1.165, 1.54) is 18.4 Å². The number of furan rings is 1. The number of benzene rings is 1. The Balaban J connectivity index is 1.57. The lowest BCUT2D eigenvalue weighted by Crippen LogP contribution is -2.38. The van der Waals surface area contributed by atoms with Crippen molar-refractivity contribution in [2.24, 2.45) is 0 Å². The molecule has 0 N–H and O–H groups in total. The molecule has 1 amide bonds. The highest BCUT2D eigenvalue weighted by molar-refractivity contribution is 5.78. The Morgan fingerprint density at radius 1 is 1.16 bits per heavy atom. The maximum Gasteiger partial charge on any atom is 0.236 e. The predicted octanol–water partition coefficient (Wildman–Crippen LogP) is 3.22. The van der Waals surface area contributed by atoms with E-state index in [1.54, 1.807) is 12.0 Å². The third kappa shape index (κ3) is 4.86. The number of hydrogen-bond acceptors (Lipinski definition) is 4. The number of carbonyl (C=O) groups excluding carboxylic acids is 1. The summed E-state index contributed by atoms with van der Waals surface area (Å²) in [5, 5.41) is 0. The number of likely N-dealkylation sites (N-methyl/N-ethyl adjacent to an activating group) is 1. The summed E-state index contributed by atoms with van der Waals surface area (Å²) in [6, 6.07) is 12.4. The Morgan fingerprint density at radius 3 is 2.44 bits per heavy atom. The molecule has 1 aromatic heterocycles. The van der Waals surface area contributed by atoms with Gasteiger partial charge in [-0.1, -0.05) is 12.1 Å². The number of nitrogens with zero attached hydrogens (tertiary/aromatic N) is 2. The average molecular weight is 342 g/mol. The summed E-state index contributed by atoms with van der Waals surface area (Å²) in [5.74, 6) is 2.66. The molecule has 0 bridgehead atoms. The van der Waals surface area contributed by atoms with Crippen LogP contribution in [0.15, 0.2) is 40.8 Å². The first-order valence-corrected chi connectivity index (χ1v) is 8.71. The van der Waals surface area contributed by atoms with Crippen LogP contribution in [-0.4, -0.2) is 42.5 Å². The fourth-order valence-corrected chi connectivity index (χ4v) is 2.91. The van der Waals surface area contributed by atoms with E-state index in [1.807, 2.05) is 38.2 Å². The van der Waals surface area contributed by atoms with E-state index in [4.69, 9.17) is 9.15 Å². The van der Waals surface area contributed by atoms with Crippen LogP contribution >= 0.6 is 0 Å². The summed E-state index contributed by atoms with van der Waals surface area (Å²) in [6.07, 6.45) is 2.34. The van der Waals surface area contributed by atoms with E-state index < -0.39 is 0 Å². The molecule has 0 spiro atoms. The Kier molecular flexibility index (Phi) is 5.43. The molecule has 1 aliphatic carbocycles. The molecule has 3 rings (SSSR count). The van der Waals surface area contributed by atoms with Crippen LogP contribution in [0.25, 0.3) is 0 Å². The van der Waals surface area contributed by atoms with Gasteiger partial charge >= 0.3 is 0 Å². The Labute approximate surface area is 149 Å². The van der Waals surface area contributed by atoms with Crippen molar-refractivity contribution in [2.45, 2.75) is 38.9 Å². The molecule has 1 fully saturated rings. The summed E-state index contributed by atoms with van der Waals surface area (Å²) >= 11 is 0. The average Bonchev–Trinajstić information content (AvgIpc) is 3.38. The van der Waals surface area contributed by atoms with Crippen molar-refractivity contribution >= 4 is 5.91 Å². The van der Waals surface area contributed by atoms with Crippen molar-refractivity contribution in [3.05, 3.63) is 53.5 Å². The smallest absolute Gasteiger partial charge is 0.236 e. The molecule has 0 saturated heterocycles. The minimum atomic E-state index is 0.120. The molecule has 5 nitrogen and oxygen atoms in total. The van der Waals surface area contributed by atoms with Gasteiger partial charge in [0.15, 0.2) is 0 Å². The lowest BCUT2D eigenvalue weighted by Gasteiger charge is -2.24. The molecule has 2 aromatic rings. The molecular weight excluding hydrogens is 316 g/mol. The maximum absolute atomic E-state index is 12.6. The van der Waals surface area contributed by atoms with Gasteiger partial charge in [0.2, 0.25) is 5.91 Å². The fraction of sp³-hybridized carbons (Fsp3) is 0.450. The standard InChI is InChI=1S/C20H26N2O3/c1-15-4-9-19(25-15)13-21(2)20(23)14-22(17-7-8-17)12-16-5-10-18(24-3)11-6-16/h4-6,9-11,17H,7-8,12-14H2,1-3H3. The van der Waals surface area contributed by atoms with Crippen molar-refractivity contribution < 1.29 is 13.9 Å². The largest absolute Gasteiger partial charge is 0.497 e. The van der Waals surface area contributed by atoms with E-state index in [0.717, 1.165) is 23.8 Å². The normalized spacial score (nSPS) is 13.9. The first kappa shape index (κ1) is 17.5. The molecule has 0 radical (unpaired) electrons. The molecule has 0 unspecified atom stereocenters. The summed E-state index contributed by atoms with van der Waals surface area (Å²) in [5.41, 5.74) is 1.20. The lowest BCUT2D eigenvalue weighted by molar-refractivity contribution is -0.132. The van der Waals surface area contributed by atoms with Gasteiger partial charge in [-0.05, 0) is 49.6 Å². The van der Waals surface area contributed by atoms with E-state index in [9.17, 15) is 4.79 Å². The summed E-state index contributed by atoms with van der Waals surface area (Å²) in [6.45, 7) is 3.64. The fourth-order valence-electron chi connectivity index (χ4n) is 2.91. The monoisotopic (exact) mass is 342 g/mol. The first-order valence-electron chi connectivity index (χ1n) is 8.71. The van der Waals surface area contributed by atoms with E-state index in [-0.39, 0.29) is 5.91 Å². The zero-order valence-electron chi connectivity index (χ0n) is 15.2. The summed E-state index contributed by atoms with van der Waals surface area (Å²) in [4.78, 5) is 16.6. The molecule has 1 aromatic carbocycles. The second-order valence-corrected chi connectivity index (χ2v) is 6.75. The van der Waals surface area contributed by atoms with E-state index in [0.29, 0.717) is 19.1 Å². The minimum absolute atomic E-state index is 0.120. The molecule has 0 aliphatic heterocycles. The minimum Gasteiger partial charge on any atom is -0.497 e. The van der Waals surface area contributed by atoms with Crippen LogP contribution < -0.4 is 4.74 Å². The summed E-state index contributed by atoms with van der Waals surface area (Å²) < 4.78 is 10.8. The van der Waals surface area contributed by atoms with Gasteiger partial charge in [-0.3, -0.25) is 9.69 Å². The van der Waals surface area contributed by atoms with Gasteiger partial charge in [0, 0.05) is 19.6 Å². The van der Waals surface area contributed by atoms with Crippen LogP contribution in [0.1, 0.15) is 29.9 Å². The second-order valence-electron chi connectivity index (χ2n) is 6.75. The molecule has 134 valence electrons. The Morgan fingerprint density at radius 2 is 1.88 bits per heavy atom. The third-order valence-electron chi connectivity index (χ3n) is 4.56. The number of ether oxygens (including phenoxy) is 1. The van der Waals surface area contributed by atoms with Gasteiger partial charge in [0.05, 0.1) is 20.2 Å². The van der Waals surface area contributed by atoms with Crippen LogP contribution in [0.4, 0.5) is 0 Å². The molecule has 1 saturated carbocycles. The molecule has 1 aliphatic rings. The highest BCUT2D eigenvalue weighted by Crippen LogP contribution is 2.28. The van der Waals surface area contributed by atoms with Crippen molar-refractivity contribution in [1.29, 1.82) is 0 Å². The number of aryl methyl sites for hydroxylation is 1. The van der Waals surface area contributed by atoms with E-state index >= 15 is 0 Å². The van der Waals surface area contributed by atoms with Crippen molar-refractivity contribution in [1.82, 2.24) is 9.80 Å². The molecule has 25 heavy (non-hydrogen) atoms. The quantitative estimate of drug-likeness (QED) is 0.739. The van der Waals surface area contributed by atoms with Crippen molar-refractivity contribution in [3.63, 3.8) is 0 Å². The van der Waals surface area contributed by atoms with Gasteiger partial charge < -0.3 is 14.1 Å². The van der Waals surface area contributed by atoms with E-state index in [2.05, 4.69) is 17.0 Å². The Bertz CT molecular complexity index is 704. The third-order valence-corrected chi connectivity index (χ3v) is 4.56. The zero-order chi connectivity index (χ0) is 17.8. The zero-order valence-corrected chi connectivity index (χ0v) is 15.2. The SMILES string of the molecule is COc1ccc(CN(CC(=O)N(C)Cc2ccc(C)o2)C2CC2)cc1. The topological polar surface area (TPSA) is 45.9 Å². The maximum atomic E-state index is 12.6. The molecule has 1 heterocycles. The van der Waals surface area contributed by atoms with Crippen LogP contribution in [0, 0.1) is 6.92 Å². The van der Waals surface area contributed by atoms with Crippen LogP contribution in [-0.2, 0) is 17.9 Å². The lowest BCUT2D eigenvalue weighted by atomic mass is 10.2. The van der Waals surface area contributed by atoms with Gasteiger partial charge in [-0.25, -0.2) is 0 Å². The molecular formula is C20H26N2O3. The highest BCUT2D eigenvalue weighted by atomic mass is 16.5. The van der Waals surface area contributed by atoms with Crippen molar-refractivity contribution in [3.8, 4) is 5.75 Å². The number of amides is 1. The van der Waals surface area contributed by atoms with Crippen LogP contribution in [0.5, 0.6) is 5.75 Å². The highest BCUT2D eigenvalue weighted by Gasteiger charge is 2.31. The molecule has 5 heteroatoms. The summed E-state index contributed by atoms with van der Waals surface area (Å²) in [7, 11) is 3.50.